The Balaban J connectivity index is 1.68. The first-order chi connectivity index (χ1) is 10.3. The van der Waals surface area contributed by atoms with Gasteiger partial charge in [-0.3, -0.25) is 4.90 Å². The lowest BCUT2D eigenvalue weighted by Gasteiger charge is -2.26. The molecule has 2 heterocycles. The van der Waals surface area contributed by atoms with Crippen LogP contribution >= 0.6 is 0 Å². The highest BCUT2D eigenvalue weighted by Gasteiger charge is 2.21. The van der Waals surface area contributed by atoms with Crippen molar-refractivity contribution in [2.45, 2.75) is 31.8 Å². The molecule has 3 heteroatoms. The summed E-state index contributed by atoms with van der Waals surface area (Å²) in [6.07, 6.45) is 4.42. The van der Waals surface area contributed by atoms with E-state index in [0.29, 0.717) is 6.04 Å². The van der Waals surface area contributed by atoms with Crippen LogP contribution in [0.3, 0.4) is 0 Å². The third-order valence-electron chi connectivity index (χ3n) is 4.34. The maximum Gasteiger partial charge on any atom is 0.125 e. The Morgan fingerprint density at radius 3 is 2.52 bits per heavy atom. The molecule has 21 heavy (non-hydrogen) atoms. The Labute approximate surface area is 127 Å². The Morgan fingerprint density at radius 2 is 1.86 bits per heavy atom. The maximum atomic E-state index is 5.63. The van der Waals surface area contributed by atoms with Crippen LogP contribution in [0, 0.1) is 0 Å². The highest BCUT2D eigenvalue weighted by molar-refractivity contribution is 5.26. The molecule has 2 atom stereocenters. The molecular weight excluding hydrogens is 260 g/mol. The molecule has 1 aromatic carbocycles. The van der Waals surface area contributed by atoms with E-state index >= 15 is 0 Å². The van der Waals surface area contributed by atoms with E-state index in [1.807, 2.05) is 12.1 Å². The van der Waals surface area contributed by atoms with Gasteiger partial charge < -0.3 is 9.73 Å². The summed E-state index contributed by atoms with van der Waals surface area (Å²) in [5.74, 6) is 0.981. The summed E-state index contributed by atoms with van der Waals surface area (Å²) in [5, 5.41) is 3.68. The van der Waals surface area contributed by atoms with E-state index in [4.69, 9.17) is 4.42 Å². The van der Waals surface area contributed by atoms with Gasteiger partial charge in [-0.1, -0.05) is 30.3 Å². The molecule has 1 saturated heterocycles. The Morgan fingerprint density at radius 1 is 1.10 bits per heavy atom. The van der Waals surface area contributed by atoms with Crippen molar-refractivity contribution in [1.29, 1.82) is 0 Å². The number of likely N-dealkylation sites (tertiary alicyclic amines) is 1. The van der Waals surface area contributed by atoms with Gasteiger partial charge in [0.2, 0.25) is 0 Å². The standard InChI is InChI=1S/C18H24N2O/c1-15(20-11-5-6-12-20)14-19-18(17-10-7-13-21-17)16-8-3-2-4-9-16/h2-4,7-10,13,15,18-19H,5-6,11-12,14H2,1H3. The lowest BCUT2D eigenvalue weighted by atomic mass is 10.0. The van der Waals surface area contributed by atoms with Gasteiger partial charge in [0.1, 0.15) is 5.76 Å². The van der Waals surface area contributed by atoms with E-state index in [9.17, 15) is 0 Å². The molecule has 1 N–H and O–H groups in total. The Kier molecular flexibility index (Phi) is 4.73. The van der Waals surface area contributed by atoms with Crippen molar-refractivity contribution in [3.63, 3.8) is 0 Å². The molecule has 0 amide bonds. The Hall–Kier alpha value is -1.58. The second-order valence-corrected chi connectivity index (χ2v) is 5.86. The maximum absolute atomic E-state index is 5.63. The van der Waals surface area contributed by atoms with Crippen molar-refractivity contribution < 1.29 is 4.42 Å². The van der Waals surface area contributed by atoms with Crippen LogP contribution in [-0.2, 0) is 0 Å². The number of furan rings is 1. The van der Waals surface area contributed by atoms with Crippen LogP contribution in [0.15, 0.2) is 53.1 Å². The fraction of sp³-hybridized carbons (Fsp3) is 0.444. The van der Waals surface area contributed by atoms with Gasteiger partial charge in [0.05, 0.1) is 12.3 Å². The molecule has 2 aromatic rings. The zero-order valence-electron chi connectivity index (χ0n) is 12.7. The first-order valence-electron chi connectivity index (χ1n) is 7.90. The molecule has 0 radical (unpaired) electrons. The van der Waals surface area contributed by atoms with E-state index in [-0.39, 0.29) is 6.04 Å². The predicted octanol–water partition coefficient (Wildman–Crippen LogP) is 3.44. The van der Waals surface area contributed by atoms with E-state index in [0.717, 1.165) is 12.3 Å². The van der Waals surface area contributed by atoms with Crippen molar-refractivity contribution >= 4 is 0 Å². The molecule has 112 valence electrons. The summed E-state index contributed by atoms with van der Waals surface area (Å²) in [4.78, 5) is 2.57. The summed E-state index contributed by atoms with van der Waals surface area (Å²) in [6.45, 7) is 5.75. The summed E-state index contributed by atoms with van der Waals surface area (Å²) in [6, 6.07) is 15.2. The van der Waals surface area contributed by atoms with Crippen LogP contribution in [0.5, 0.6) is 0 Å². The molecule has 1 aliphatic heterocycles. The van der Waals surface area contributed by atoms with Gasteiger partial charge in [-0.05, 0) is 50.6 Å². The van der Waals surface area contributed by atoms with Gasteiger partial charge >= 0.3 is 0 Å². The van der Waals surface area contributed by atoms with Gasteiger partial charge in [-0.25, -0.2) is 0 Å². The van der Waals surface area contributed by atoms with Crippen molar-refractivity contribution in [2.24, 2.45) is 0 Å². The van der Waals surface area contributed by atoms with Crippen LogP contribution in [0.2, 0.25) is 0 Å². The number of rotatable bonds is 6. The summed E-state index contributed by atoms with van der Waals surface area (Å²) >= 11 is 0. The predicted molar refractivity (Wildman–Crippen MR) is 85.3 cm³/mol. The highest BCUT2D eigenvalue weighted by Crippen LogP contribution is 2.22. The molecule has 1 aromatic heterocycles. The minimum atomic E-state index is 0.131. The van der Waals surface area contributed by atoms with Gasteiger partial charge in [-0.2, -0.15) is 0 Å². The van der Waals surface area contributed by atoms with Crippen LogP contribution in [0.4, 0.5) is 0 Å². The topological polar surface area (TPSA) is 28.4 Å². The zero-order valence-corrected chi connectivity index (χ0v) is 12.7. The van der Waals surface area contributed by atoms with Crippen molar-refractivity contribution in [2.75, 3.05) is 19.6 Å². The lowest BCUT2D eigenvalue weighted by Crippen LogP contribution is -2.40. The van der Waals surface area contributed by atoms with E-state index in [1.165, 1.54) is 31.5 Å². The average Bonchev–Trinajstić information content (AvgIpc) is 3.22. The molecule has 1 fully saturated rings. The quantitative estimate of drug-likeness (QED) is 0.881. The minimum absolute atomic E-state index is 0.131. The van der Waals surface area contributed by atoms with Crippen LogP contribution in [-0.4, -0.2) is 30.6 Å². The third-order valence-corrected chi connectivity index (χ3v) is 4.34. The number of nitrogens with one attached hydrogen (secondary N) is 1. The first-order valence-corrected chi connectivity index (χ1v) is 7.90. The molecule has 3 rings (SSSR count). The van der Waals surface area contributed by atoms with E-state index < -0.39 is 0 Å². The number of hydrogen-bond acceptors (Lipinski definition) is 3. The van der Waals surface area contributed by atoms with Crippen molar-refractivity contribution in [3.05, 3.63) is 60.1 Å². The SMILES string of the molecule is CC(CNC(c1ccccc1)c1ccco1)N1CCCC1. The van der Waals surface area contributed by atoms with E-state index in [2.05, 4.69) is 47.5 Å². The van der Waals surface area contributed by atoms with Crippen LogP contribution < -0.4 is 5.32 Å². The van der Waals surface area contributed by atoms with Gasteiger partial charge in [0, 0.05) is 12.6 Å². The monoisotopic (exact) mass is 284 g/mol. The first kappa shape index (κ1) is 14.4. The molecule has 0 bridgehead atoms. The molecule has 2 unspecified atom stereocenters. The van der Waals surface area contributed by atoms with Gasteiger partial charge in [0.15, 0.2) is 0 Å². The smallest absolute Gasteiger partial charge is 0.125 e. The molecule has 0 aliphatic carbocycles. The van der Waals surface area contributed by atoms with Crippen LogP contribution in [0.25, 0.3) is 0 Å². The Bertz CT molecular complexity index is 517. The van der Waals surface area contributed by atoms with Crippen LogP contribution in [0.1, 0.15) is 37.1 Å². The molecule has 1 aliphatic rings. The number of benzene rings is 1. The van der Waals surface area contributed by atoms with Gasteiger partial charge in [-0.15, -0.1) is 0 Å². The van der Waals surface area contributed by atoms with Gasteiger partial charge in [0.25, 0.3) is 0 Å². The largest absolute Gasteiger partial charge is 0.467 e. The summed E-state index contributed by atoms with van der Waals surface area (Å²) in [5.41, 5.74) is 1.25. The van der Waals surface area contributed by atoms with E-state index in [1.54, 1.807) is 6.26 Å². The number of nitrogens with zero attached hydrogens (tertiary/aromatic N) is 1. The fourth-order valence-electron chi connectivity index (χ4n) is 3.08. The highest BCUT2D eigenvalue weighted by atomic mass is 16.3. The molecule has 3 nitrogen and oxygen atoms in total. The second kappa shape index (κ2) is 6.92. The molecule has 0 saturated carbocycles. The average molecular weight is 284 g/mol. The van der Waals surface area contributed by atoms with Crippen molar-refractivity contribution in [1.82, 2.24) is 10.2 Å². The summed E-state index contributed by atoms with van der Waals surface area (Å²) in [7, 11) is 0. The second-order valence-electron chi connectivity index (χ2n) is 5.86. The summed E-state index contributed by atoms with van der Waals surface area (Å²) < 4.78 is 5.63. The normalized spacial score (nSPS) is 18.7. The lowest BCUT2D eigenvalue weighted by molar-refractivity contribution is 0.246. The van der Waals surface area contributed by atoms with Crippen molar-refractivity contribution in [3.8, 4) is 0 Å². The zero-order chi connectivity index (χ0) is 14.5. The third kappa shape index (κ3) is 3.55. The molecular formula is C18H24N2O. The number of hydrogen-bond donors (Lipinski definition) is 1. The minimum Gasteiger partial charge on any atom is -0.467 e. The fourth-order valence-corrected chi connectivity index (χ4v) is 3.08. The molecule has 0 spiro atoms.